The van der Waals surface area contributed by atoms with Gasteiger partial charge in [-0.2, -0.15) is 0 Å². The van der Waals surface area contributed by atoms with Gasteiger partial charge in [0.2, 0.25) is 81.9 Å². The van der Waals surface area contributed by atoms with Gasteiger partial charge in [0.1, 0.15) is 42.3 Å². The summed E-state index contributed by atoms with van der Waals surface area (Å²) in [6.45, 7) is 5.76. The molecule has 0 unspecified atom stereocenters. The van der Waals surface area contributed by atoms with Crippen LogP contribution in [0, 0.1) is 11.8 Å². The molecule has 0 aliphatic heterocycles. The number of H-pyrrole nitrogens is 2. The van der Waals surface area contributed by atoms with E-state index in [1.54, 1.807) is 105 Å². The first-order valence-electron chi connectivity index (χ1n) is 29.8. The lowest BCUT2D eigenvalue weighted by Crippen LogP contribution is -2.60. The predicted octanol–water partition coefficient (Wildman–Crippen LogP) is -2.18. The Labute approximate surface area is 539 Å². The van der Waals surface area contributed by atoms with E-state index < -0.39 is 164 Å². The molecule has 5 rings (SSSR count). The molecule has 0 saturated carbocycles. The normalized spacial score (nSPS) is 13.2. The number of carbonyl (C=O) groups is 14. The van der Waals surface area contributed by atoms with Gasteiger partial charge in [-0.1, -0.05) is 118 Å². The predicted molar refractivity (Wildman–Crippen MR) is 341 cm³/mol. The molecule has 31 heteroatoms. The van der Waals surface area contributed by atoms with E-state index >= 15 is 0 Å². The fourth-order valence-corrected chi connectivity index (χ4v) is 9.83. The molecule has 3 aromatic carbocycles. The van der Waals surface area contributed by atoms with Crippen molar-refractivity contribution in [2.24, 2.45) is 23.3 Å². The number of hydrogen-bond acceptors (Lipinski definition) is 16. The Balaban J connectivity index is 1.23. The van der Waals surface area contributed by atoms with Gasteiger partial charge in [0, 0.05) is 60.2 Å². The number of nitrogens with one attached hydrogen (secondary N) is 13. The van der Waals surface area contributed by atoms with Crippen molar-refractivity contribution in [3.05, 3.63) is 126 Å². The van der Waals surface area contributed by atoms with Crippen molar-refractivity contribution in [3.63, 3.8) is 0 Å². The van der Waals surface area contributed by atoms with E-state index in [9.17, 15) is 67.1 Å². The Bertz CT molecular complexity index is 3440. The third kappa shape index (κ3) is 25.4. The summed E-state index contributed by atoms with van der Waals surface area (Å²) in [6.07, 6.45) is 3.41. The maximum absolute atomic E-state index is 14.5. The number of amides is 13. The first kappa shape index (κ1) is 73.3. The number of nitrogens with zero attached hydrogens (tertiary/aromatic N) is 1. The molecule has 2 heterocycles. The molecule has 2 aromatic heterocycles. The highest BCUT2D eigenvalue weighted by molar-refractivity contribution is 8.14. The van der Waals surface area contributed by atoms with Crippen LogP contribution in [0.5, 0.6) is 0 Å². The first-order valence-corrected chi connectivity index (χ1v) is 30.8. The molecular weight excluding hydrogens is 1220 g/mol. The van der Waals surface area contributed by atoms with Gasteiger partial charge in [0.25, 0.3) is 0 Å². The van der Waals surface area contributed by atoms with Gasteiger partial charge in [-0.05, 0) is 48.8 Å². The van der Waals surface area contributed by atoms with Crippen LogP contribution in [0.4, 0.5) is 0 Å². The Morgan fingerprint density at radius 3 is 1.62 bits per heavy atom. The minimum Gasteiger partial charge on any atom is -0.370 e. The zero-order valence-corrected chi connectivity index (χ0v) is 52.8. The van der Waals surface area contributed by atoms with Crippen molar-refractivity contribution in [1.82, 2.24) is 73.4 Å². The average molecular weight is 1310 g/mol. The van der Waals surface area contributed by atoms with Crippen LogP contribution < -0.4 is 70.0 Å². The SMILES string of the molecule is CC(C)C[C@H](NC(=O)[C@H](Cc1cnc[nH]1)NC(=O)CNC(=O)[C@@H](NC(=O)[C@H](C)NC(=O)[C@H](Cc1c[nH]c2ccccc12)NC(=O)[C@H](CCC(N)=O)NC(=O)[C@@H](Cc1ccccc1)NC(=O)CNC(=O)CNC(=O)CNC(=O)CSC(=O)c1ccccc1)C(C)C)C(N)=O. The molecule has 0 radical (unpaired) electrons. The number of aromatic amines is 2. The third-order valence-electron chi connectivity index (χ3n) is 14.1. The van der Waals surface area contributed by atoms with Crippen molar-refractivity contribution in [2.75, 3.05) is 31.9 Å². The van der Waals surface area contributed by atoms with E-state index in [1.807, 2.05) is 13.8 Å². The van der Waals surface area contributed by atoms with Crippen LogP contribution in [0.1, 0.15) is 81.1 Å². The van der Waals surface area contributed by atoms with Crippen LogP contribution in [0.25, 0.3) is 10.9 Å². The second-order valence-electron chi connectivity index (χ2n) is 22.4. The van der Waals surface area contributed by atoms with Gasteiger partial charge in [-0.3, -0.25) is 67.1 Å². The van der Waals surface area contributed by atoms with Crippen LogP contribution in [-0.2, 0) is 81.6 Å². The smallest absolute Gasteiger partial charge is 0.243 e. The fourth-order valence-electron chi connectivity index (χ4n) is 9.17. The maximum atomic E-state index is 14.5. The number of benzene rings is 3. The Hall–Kier alpha value is -10.5. The van der Waals surface area contributed by atoms with Crippen LogP contribution in [0.2, 0.25) is 0 Å². The zero-order valence-electron chi connectivity index (χ0n) is 52.0. The Morgan fingerprint density at radius 1 is 0.505 bits per heavy atom. The van der Waals surface area contributed by atoms with Crippen LogP contribution in [0.15, 0.2) is 104 Å². The molecule has 7 atom stereocenters. The molecular formula is C62H80N16O14S. The number of rotatable bonds is 37. The number of imidazole rings is 1. The molecule has 0 bridgehead atoms. The molecule has 0 aliphatic rings. The minimum atomic E-state index is -1.58. The lowest BCUT2D eigenvalue weighted by atomic mass is 10.0. The van der Waals surface area contributed by atoms with Gasteiger partial charge in [-0.25, -0.2) is 4.98 Å². The highest BCUT2D eigenvalue weighted by atomic mass is 32.2. The summed E-state index contributed by atoms with van der Waals surface area (Å²) in [5.74, 6) is -11.5. The summed E-state index contributed by atoms with van der Waals surface area (Å²) in [7, 11) is 0. The molecule has 30 nitrogen and oxygen atoms in total. The number of thioether (sulfide) groups is 1. The summed E-state index contributed by atoms with van der Waals surface area (Å²) in [4.78, 5) is 195. The highest BCUT2D eigenvalue weighted by Gasteiger charge is 2.34. The number of nitrogens with two attached hydrogens (primary N) is 2. The van der Waals surface area contributed by atoms with Gasteiger partial charge < -0.3 is 79.9 Å². The van der Waals surface area contributed by atoms with Crippen LogP contribution >= 0.6 is 11.8 Å². The number of aromatic nitrogens is 3. The second-order valence-corrected chi connectivity index (χ2v) is 23.4. The van der Waals surface area contributed by atoms with Gasteiger partial charge in [-0.15, -0.1) is 0 Å². The first-order chi connectivity index (χ1) is 44.3. The molecule has 0 aliphatic carbocycles. The molecule has 5 aromatic rings. The van der Waals surface area contributed by atoms with Crippen LogP contribution in [0.3, 0.4) is 0 Å². The Kier molecular flexibility index (Phi) is 29.2. The van der Waals surface area contributed by atoms with Crippen LogP contribution in [-0.4, -0.2) is 171 Å². The summed E-state index contributed by atoms with van der Waals surface area (Å²) in [5, 5.41) is 27.8. The van der Waals surface area contributed by atoms with E-state index in [2.05, 4.69) is 73.4 Å². The maximum Gasteiger partial charge on any atom is 0.243 e. The summed E-state index contributed by atoms with van der Waals surface area (Å²) >= 11 is 0.746. The van der Waals surface area contributed by atoms with Crippen molar-refractivity contribution < 1.29 is 67.1 Å². The van der Waals surface area contributed by atoms with E-state index in [-0.39, 0.29) is 42.5 Å². The number of para-hydroxylation sites is 1. The molecule has 0 saturated heterocycles. The number of carbonyl (C=O) groups excluding carboxylic acids is 14. The minimum absolute atomic E-state index is 0.0144. The topological polar surface area (TPSA) is 468 Å². The Morgan fingerprint density at radius 2 is 1.03 bits per heavy atom. The standard InChI is InChI=1S/C62H80N16O14S/c1-34(2)22-44(55(64)85)76-60(90)47(25-40-27-65-33-71-40)74-52(83)31-70-61(91)54(35(3)4)78-56(86)36(5)72-58(88)46(24-39-26-66-42-19-13-12-18-41(39)42)77-57(87)43(20-21-48(63)79)75-59(89)45(23-37-14-8-6-9-15-37)73-51(82)30-68-49(80)28-67-50(81)29-69-53(84)32-93-62(92)38-16-10-7-11-17-38/h6-19,26-27,33-36,43-47,54,66H,20-25,28-32H2,1-5H3,(H2,63,79)(H2,64,85)(H,65,71)(H,67,81)(H,68,80)(H,69,84)(H,70,91)(H,72,88)(H,73,82)(H,74,83)(H,75,89)(H,76,90)(H,77,87)(H,78,86)/t36-,43-,44-,45+,46-,47-,54-/m0/s1. The van der Waals surface area contributed by atoms with Crippen molar-refractivity contribution in [3.8, 4) is 0 Å². The number of fused-ring (bicyclic) bond motifs is 1. The molecule has 17 N–H and O–H groups in total. The van der Waals surface area contributed by atoms with E-state index in [1.165, 1.54) is 19.4 Å². The molecule has 0 spiro atoms. The van der Waals surface area contributed by atoms with Crippen molar-refractivity contribution in [1.29, 1.82) is 0 Å². The van der Waals surface area contributed by atoms with E-state index in [4.69, 9.17) is 11.5 Å². The van der Waals surface area contributed by atoms with Gasteiger partial charge >= 0.3 is 0 Å². The summed E-state index contributed by atoms with van der Waals surface area (Å²) in [6, 6.07) is 14.3. The lowest BCUT2D eigenvalue weighted by molar-refractivity contribution is -0.135. The monoisotopic (exact) mass is 1300 g/mol. The third-order valence-corrected chi connectivity index (χ3v) is 15.0. The van der Waals surface area contributed by atoms with E-state index in [0.29, 0.717) is 33.3 Å². The van der Waals surface area contributed by atoms with Crippen molar-refractivity contribution in [2.45, 2.75) is 115 Å². The summed E-state index contributed by atoms with van der Waals surface area (Å²) in [5.41, 5.74) is 13.7. The molecule has 13 amide bonds. The second kappa shape index (κ2) is 37.0. The van der Waals surface area contributed by atoms with Crippen molar-refractivity contribution >= 4 is 105 Å². The van der Waals surface area contributed by atoms with Gasteiger partial charge in [0.05, 0.1) is 38.3 Å². The number of primary amides is 2. The lowest BCUT2D eigenvalue weighted by Gasteiger charge is -2.27. The quantitative estimate of drug-likeness (QED) is 0.0201. The highest BCUT2D eigenvalue weighted by Crippen LogP contribution is 2.20. The van der Waals surface area contributed by atoms with Gasteiger partial charge in [0.15, 0.2) is 0 Å². The molecule has 0 fully saturated rings. The largest absolute Gasteiger partial charge is 0.370 e. The molecule has 93 heavy (non-hydrogen) atoms. The average Bonchev–Trinajstić information content (AvgIpc) is 1.74. The summed E-state index contributed by atoms with van der Waals surface area (Å²) < 4.78 is 0. The number of hydrogen-bond donors (Lipinski definition) is 15. The fraction of sp³-hybridized carbons (Fsp3) is 0.403. The van der Waals surface area contributed by atoms with E-state index in [0.717, 1.165) is 11.8 Å². The zero-order chi connectivity index (χ0) is 68.1. The molecule has 498 valence electrons.